The maximum absolute atomic E-state index is 10.4. The summed E-state index contributed by atoms with van der Waals surface area (Å²) < 4.78 is 0. The van der Waals surface area contributed by atoms with Crippen molar-refractivity contribution in [1.29, 1.82) is 0 Å². The Morgan fingerprint density at radius 2 is 2.21 bits per heavy atom. The van der Waals surface area contributed by atoms with Gasteiger partial charge in [0, 0.05) is 17.7 Å². The molecule has 1 aromatic carbocycles. The van der Waals surface area contributed by atoms with Crippen LogP contribution >= 0.6 is 0 Å². The van der Waals surface area contributed by atoms with Crippen LogP contribution in [0, 0.1) is 17.0 Å². The number of phenols is 1. The van der Waals surface area contributed by atoms with Crippen molar-refractivity contribution in [2.75, 3.05) is 0 Å². The van der Waals surface area contributed by atoms with Gasteiger partial charge in [-0.2, -0.15) is 0 Å². The fourth-order valence-corrected chi connectivity index (χ4v) is 1.05. The Morgan fingerprint density at radius 1 is 1.57 bits per heavy atom. The fourth-order valence-electron chi connectivity index (χ4n) is 1.05. The molecule has 14 heavy (non-hydrogen) atoms. The van der Waals surface area contributed by atoms with Crippen LogP contribution in [0.1, 0.15) is 11.1 Å². The van der Waals surface area contributed by atoms with Gasteiger partial charge in [0.2, 0.25) is 0 Å². The highest BCUT2D eigenvalue weighted by Gasteiger charge is 2.12. The van der Waals surface area contributed by atoms with Crippen LogP contribution in [0.4, 0.5) is 5.69 Å². The van der Waals surface area contributed by atoms with E-state index in [1.165, 1.54) is 13.0 Å². The molecule has 0 bridgehead atoms. The summed E-state index contributed by atoms with van der Waals surface area (Å²) in [4.78, 5) is 9.86. The highest BCUT2D eigenvalue weighted by atomic mass is 16.6. The molecule has 6 nitrogen and oxygen atoms in total. The number of oxime groups is 1. The van der Waals surface area contributed by atoms with E-state index in [0.717, 1.165) is 12.3 Å². The first-order chi connectivity index (χ1) is 6.56. The summed E-state index contributed by atoms with van der Waals surface area (Å²) in [5, 5.41) is 30.8. The number of nitrogens with zero attached hydrogens (tertiary/aromatic N) is 2. The van der Waals surface area contributed by atoms with E-state index in [9.17, 15) is 15.2 Å². The molecule has 0 aliphatic heterocycles. The number of rotatable bonds is 2. The summed E-state index contributed by atoms with van der Waals surface area (Å²) in [5.41, 5.74) is 0.309. The predicted molar refractivity (Wildman–Crippen MR) is 48.9 cm³/mol. The minimum Gasteiger partial charge on any atom is -0.507 e. The van der Waals surface area contributed by atoms with Crippen molar-refractivity contribution in [2.24, 2.45) is 5.16 Å². The molecular weight excluding hydrogens is 188 g/mol. The molecule has 0 aliphatic rings. The number of phenolic OH excluding ortho intramolecular Hbond substituents is 1. The van der Waals surface area contributed by atoms with Gasteiger partial charge in [0.1, 0.15) is 5.75 Å². The van der Waals surface area contributed by atoms with Crippen LogP contribution in [0.25, 0.3) is 0 Å². The Balaban J connectivity index is 3.35. The van der Waals surface area contributed by atoms with Crippen LogP contribution in [0.2, 0.25) is 0 Å². The summed E-state index contributed by atoms with van der Waals surface area (Å²) in [6.45, 7) is 1.52. The zero-order chi connectivity index (χ0) is 10.7. The molecule has 0 heterocycles. The SMILES string of the molecule is Cc1cc([N+](=O)[O-])cc(C=NO)c1O. The average Bonchev–Trinajstić information content (AvgIpc) is 2.12. The number of hydrogen-bond donors (Lipinski definition) is 2. The molecule has 0 unspecified atom stereocenters. The molecule has 2 N–H and O–H groups in total. The Kier molecular flexibility index (Phi) is 2.66. The number of benzene rings is 1. The summed E-state index contributed by atoms with van der Waals surface area (Å²) in [5.74, 6) is -0.131. The fraction of sp³-hybridized carbons (Fsp3) is 0.125. The molecule has 0 atom stereocenters. The topological polar surface area (TPSA) is 96.0 Å². The lowest BCUT2D eigenvalue weighted by atomic mass is 10.1. The van der Waals surface area contributed by atoms with Gasteiger partial charge in [-0.1, -0.05) is 5.16 Å². The third-order valence-corrected chi connectivity index (χ3v) is 1.72. The first kappa shape index (κ1) is 9.97. The molecule has 0 aliphatic carbocycles. The van der Waals surface area contributed by atoms with Crippen molar-refractivity contribution in [3.05, 3.63) is 33.4 Å². The van der Waals surface area contributed by atoms with Gasteiger partial charge >= 0.3 is 0 Å². The quantitative estimate of drug-likeness (QED) is 0.323. The van der Waals surface area contributed by atoms with Gasteiger partial charge < -0.3 is 10.3 Å². The Hall–Kier alpha value is -2.11. The van der Waals surface area contributed by atoms with Crippen LogP contribution in [0.3, 0.4) is 0 Å². The second-order valence-electron chi connectivity index (χ2n) is 2.70. The Bertz CT molecular complexity index is 401. The van der Waals surface area contributed by atoms with Gasteiger partial charge in [-0.25, -0.2) is 0 Å². The van der Waals surface area contributed by atoms with Crippen molar-refractivity contribution in [3.63, 3.8) is 0 Å². The van der Waals surface area contributed by atoms with Crippen molar-refractivity contribution >= 4 is 11.9 Å². The van der Waals surface area contributed by atoms with E-state index in [0.29, 0.717) is 5.56 Å². The second kappa shape index (κ2) is 3.73. The molecule has 0 amide bonds. The summed E-state index contributed by atoms with van der Waals surface area (Å²) >= 11 is 0. The van der Waals surface area contributed by atoms with Crippen molar-refractivity contribution in [1.82, 2.24) is 0 Å². The van der Waals surface area contributed by atoms with Gasteiger partial charge in [-0.15, -0.1) is 0 Å². The summed E-state index contributed by atoms with van der Waals surface area (Å²) in [6, 6.07) is 2.37. The smallest absolute Gasteiger partial charge is 0.270 e. The number of aromatic hydroxyl groups is 1. The van der Waals surface area contributed by atoms with E-state index in [1.807, 2.05) is 0 Å². The average molecular weight is 196 g/mol. The number of nitro groups is 1. The van der Waals surface area contributed by atoms with E-state index < -0.39 is 4.92 Å². The molecule has 6 heteroatoms. The van der Waals surface area contributed by atoms with Gasteiger partial charge in [0.05, 0.1) is 11.1 Å². The van der Waals surface area contributed by atoms with Crippen LogP contribution in [-0.2, 0) is 0 Å². The first-order valence-corrected chi connectivity index (χ1v) is 3.71. The Morgan fingerprint density at radius 3 is 2.71 bits per heavy atom. The zero-order valence-electron chi connectivity index (χ0n) is 7.34. The number of hydrogen-bond acceptors (Lipinski definition) is 5. The monoisotopic (exact) mass is 196 g/mol. The molecule has 1 rings (SSSR count). The van der Waals surface area contributed by atoms with Crippen molar-refractivity contribution in [3.8, 4) is 5.75 Å². The van der Waals surface area contributed by atoms with Gasteiger partial charge in [-0.05, 0) is 12.5 Å². The van der Waals surface area contributed by atoms with Crippen molar-refractivity contribution in [2.45, 2.75) is 6.92 Å². The number of aryl methyl sites for hydroxylation is 1. The van der Waals surface area contributed by atoms with Gasteiger partial charge in [-0.3, -0.25) is 10.1 Å². The molecule has 0 saturated heterocycles. The lowest BCUT2D eigenvalue weighted by Gasteiger charge is -2.01. The summed E-state index contributed by atoms with van der Waals surface area (Å²) in [7, 11) is 0. The molecule has 0 radical (unpaired) electrons. The molecule has 0 aromatic heterocycles. The lowest BCUT2D eigenvalue weighted by Crippen LogP contribution is -1.93. The van der Waals surface area contributed by atoms with E-state index in [1.54, 1.807) is 0 Å². The Labute approximate surface area is 79.3 Å². The molecule has 0 spiro atoms. The maximum atomic E-state index is 10.4. The standard InChI is InChI=1S/C8H8N2O4/c1-5-2-7(10(13)14)3-6(4-9-12)8(5)11/h2-4,11-12H,1H3. The van der Waals surface area contributed by atoms with E-state index in [4.69, 9.17) is 5.21 Å². The van der Waals surface area contributed by atoms with Crippen LogP contribution in [-0.4, -0.2) is 21.5 Å². The van der Waals surface area contributed by atoms with Gasteiger partial charge in [0.15, 0.2) is 0 Å². The van der Waals surface area contributed by atoms with E-state index in [-0.39, 0.29) is 17.0 Å². The minimum absolute atomic E-state index is 0.110. The molecular formula is C8H8N2O4. The first-order valence-electron chi connectivity index (χ1n) is 3.71. The van der Waals surface area contributed by atoms with Crippen LogP contribution in [0.15, 0.2) is 17.3 Å². The molecule has 0 saturated carbocycles. The lowest BCUT2D eigenvalue weighted by molar-refractivity contribution is -0.384. The van der Waals surface area contributed by atoms with E-state index in [2.05, 4.69) is 5.16 Å². The molecule has 74 valence electrons. The highest BCUT2D eigenvalue weighted by Crippen LogP contribution is 2.26. The highest BCUT2D eigenvalue weighted by molar-refractivity contribution is 5.84. The van der Waals surface area contributed by atoms with Crippen LogP contribution < -0.4 is 0 Å². The van der Waals surface area contributed by atoms with Crippen molar-refractivity contribution < 1.29 is 15.2 Å². The van der Waals surface area contributed by atoms with Crippen LogP contribution in [0.5, 0.6) is 5.75 Å². The number of nitro benzene ring substituents is 1. The second-order valence-corrected chi connectivity index (χ2v) is 2.70. The predicted octanol–water partition coefficient (Wildman–Crippen LogP) is 1.42. The minimum atomic E-state index is -0.582. The third kappa shape index (κ3) is 1.79. The molecule has 0 fully saturated rings. The van der Waals surface area contributed by atoms with E-state index >= 15 is 0 Å². The largest absolute Gasteiger partial charge is 0.507 e. The zero-order valence-corrected chi connectivity index (χ0v) is 7.34. The maximum Gasteiger partial charge on any atom is 0.270 e. The third-order valence-electron chi connectivity index (χ3n) is 1.72. The molecule has 1 aromatic rings. The van der Waals surface area contributed by atoms with Gasteiger partial charge in [0.25, 0.3) is 5.69 Å². The number of non-ortho nitro benzene ring substituents is 1. The summed E-state index contributed by atoms with van der Waals surface area (Å²) in [6.07, 6.45) is 0.940. The normalized spacial score (nSPS) is 10.6.